The first kappa shape index (κ1) is 21.6. The molecule has 1 aromatic carbocycles. The Hall–Kier alpha value is -2.65. The average Bonchev–Trinajstić information content (AvgIpc) is 3.19. The van der Waals surface area contributed by atoms with Crippen LogP contribution in [0, 0.1) is 6.92 Å². The summed E-state index contributed by atoms with van der Waals surface area (Å²) < 4.78 is 31.2. The molecule has 164 valence electrons. The highest BCUT2D eigenvalue weighted by molar-refractivity contribution is 7.91. The summed E-state index contributed by atoms with van der Waals surface area (Å²) in [7, 11) is 0.414. The maximum Gasteiger partial charge on any atom is 0.259 e. The van der Waals surface area contributed by atoms with E-state index in [1.807, 2.05) is 31.3 Å². The number of amidine groups is 1. The van der Waals surface area contributed by atoms with Gasteiger partial charge in [0, 0.05) is 23.5 Å². The fourth-order valence-corrected chi connectivity index (χ4v) is 6.39. The van der Waals surface area contributed by atoms with E-state index in [4.69, 9.17) is 10.5 Å². The molecule has 0 amide bonds. The third-order valence-corrected chi connectivity index (χ3v) is 8.57. The third-order valence-electron chi connectivity index (χ3n) is 5.67. The van der Waals surface area contributed by atoms with Crippen LogP contribution in [0.2, 0.25) is 0 Å². The second kappa shape index (κ2) is 8.12. The maximum atomic E-state index is 12.8. The van der Waals surface area contributed by atoms with Gasteiger partial charge >= 0.3 is 0 Å². The van der Waals surface area contributed by atoms with Crippen LogP contribution in [0.3, 0.4) is 0 Å². The van der Waals surface area contributed by atoms with E-state index < -0.39 is 9.84 Å². The third kappa shape index (κ3) is 4.24. The molecule has 0 aliphatic carbocycles. The molecule has 0 radical (unpaired) electrons. The van der Waals surface area contributed by atoms with Crippen LogP contribution in [0.5, 0.6) is 5.75 Å². The summed E-state index contributed by atoms with van der Waals surface area (Å²) >= 11 is 1.43. The van der Waals surface area contributed by atoms with Crippen molar-refractivity contribution in [3.63, 3.8) is 0 Å². The zero-order valence-electron chi connectivity index (χ0n) is 17.7. The second-order valence-corrected chi connectivity index (χ2v) is 11.2. The number of aryl methyl sites for hydroxylation is 2. The van der Waals surface area contributed by atoms with Gasteiger partial charge in [-0.25, -0.2) is 8.42 Å². The minimum absolute atomic E-state index is 0.100. The average molecular weight is 460 g/mol. The van der Waals surface area contributed by atoms with E-state index in [0.29, 0.717) is 28.9 Å². The predicted molar refractivity (Wildman–Crippen MR) is 126 cm³/mol. The summed E-state index contributed by atoms with van der Waals surface area (Å²) in [4.78, 5) is 18.1. The number of rotatable bonds is 4. The summed E-state index contributed by atoms with van der Waals surface area (Å²) in [5.41, 5.74) is 9.08. The van der Waals surface area contributed by atoms with E-state index in [1.165, 1.54) is 11.3 Å². The molecule has 2 N–H and O–H groups in total. The lowest BCUT2D eigenvalue weighted by Gasteiger charge is -2.18. The lowest BCUT2D eigenvalue weighted by molar-refractivity contribution is 0.412. The van der Waals surface area contributed by atoms with Crippen LogP contribution in [0.15, 0.2) is 40.2 Å². The fourth-order valence-electron chi connectivity index (χ4n) is 3.84. The van der Waals surface area contributed by atoms with Gasteiger partial charge in [-0.15, -0.1) is 11.3 Å². The smallest absolute Gasteiger partial charge is 0.259 e. The number of sulfone groups is 1. The minimum Gasteiger partial charge on any atom is -0.496 e. The van der Waals surface area contributed by atoms with Gasteiger partial charge in [-0.3, -0.25) is 9.79 Å². The molecule has 0 saturated carbocycles. The van der Waals surface area contributed by atoms with Gasteiger partial charge in [0.15, 0.2) is 0 Å². The number of aliphatic imine (C=N–C) groups is 1. The number of thiophene rings is 1. The van der Waals surface area contributed by atoms with Crippen LogP contribution in [0.1, 0.15) is 23.3 Å². The van der Waals surface area contributed by atoms with Crippen molar-refractivity contribution in [3.8, 4) is 16.9 Å². The van der Waals surface area contributed by atoms with E-state index in [0.717, 1.165) is 27.1 Å². The molecule has 2 aromatic heterocycles. The van der Waals surface area contributed by atoms with E-state index in [2.05, 4.69) is 4.99 Å². The largest absolute Gasteiger partial charge is 0.496 e. The normalized spacial score (nSPS) is 17.2. The number of hydrogen-bond donors (Lipinski definition) is 1. The zero-order chi connectivity index (χ0) is 22.3. The number of nitrogens with two attached hydrogens (primary N) is 1. The minimum atomic E-state index is -2.95. The highest BCUT2D eigenvalue weighted by Gasteiger charge is 2.24. The molecule has 1 aliphatic rings. The summed E-state index contributed by atoms with van der Waals surface area (Å²) in [6.45, 7) is 1.98. The van der Waals surface area contributed by atoms with Crippen molar-refractivity contribution in [2.75, 3.05) is 18.6 Å². The van der Waals surface area contributed by atoms with Gasteiger partial charge in [-0.05, 0) is 43.0 Å². The van der Waals surface area contributed by atoms with Gasteiger partial charge < -0.3 is 15.0 Å². The van der Waals surface area contributed by atoms with Crippen LogP contribution in [-0.2, 0) is 16.9 Å². The van der Waals surface area contributed by atoms with Crippen molar-refractivity contribution in [1.29, 1.82) is 0 Å². The van der Waals surface area contributed by atoms with Gasteiger partial charge in [0.05, 0.1) is 34.9 Å². The van der Waals surface area contributed by atoms with E-state index in [9.17, 15) is 13.2 Å². The van der Waals surface area contributed by atoms with Gasteiger partial charge in [-0.1, -0.05) is 12.1 Å². The second-order valence-electron chi connectivity index (χ2n) is 7.89. The highest BCUT2D eigenvalue weighted by atomic mass is 32.2. The summed E-state index contributed by atoms with van der Waals surface area (Å²) in [6, 6.07) is 7.64. The molecule has 0 spiro atoms. The van der Waals surface area contributed by atoms with E-state index >= 15 is 0 Å². The molecule has 1 aliphatic heterocycles. The van der Waals surface area contributed by atoms with Crippen LogP contribution < -0.4 is 16.0 Å². The lowest BCUT2D eigenvalue weighted by Crippen LogP contribution is -2.27. The van der Waals surface area contributed by atoms with Gasteiger partial charge in [0.2, 0.25) is 0 Å². The quantitative estimate of drug-likeness (QED) is 0.477. The Balaban J connectivity index is 1.78. The van der Waals surface area contributed by atoms with Gasteiger partial charge in [0.1, 0.15) is 21.4 Å². The monoisotopic (exact) mass is 459 g/mol. The molecular weight excluding hydrogens is 434 g/mol. The van der Waals surface area contributed by atoms with Crippen LogP contribution in [-0.4, -0.2) is 43.5 Å². The number of fused-ring (bicyclic) bond motifs is 1. The summed E-state index contributed by atoms with van der Waals surface area (Å²) in [5.74, 6) is 1.41. The standard InChI is InChI=1S/C22H25N3O4S2/c1-13-4-5-14(10-18(13)29-3)17-12-25(2)22(26)16-11-19(30-20(16)17)21(23)24-15-6-8-31(27,28)9-7-15/h4-5,10-12,15H,6-9H2,1-3H3,(H2,23,24). The van der Waals surface area contributed by atoms with Crippen molar-refractivity contribution in [2.24, 2.45) is 17.8 Å². The van der Waals surface area contributed by atoms with E-state index in [-0.39, 0.29) is 23.1 Å². The molecule has 0 unspecified atom stereocenters. The number of methoxy groups -OCH3 is 1. The number of hydrogen-bond acceptors (Lipinski definition) is 6. The SMILES string of the molecule is COc1cc(-c2cn(C)c(=O)c3cc(C(N)=NC4CCS(=O)(=O)CC4)sc23)ccc1C. The Labute approximate surface area is 185 Å². The van der Waals surface area contributed by atoms with Crippen LogP contribution in [0.4, 0.5) is 0 Å². The van der Waals surface area contributed by atoms with Crippen LogP contribution in [0.25, 0.3) is 21.2 Å². The Morgan fingerprint density at radius 2 is 1.97 bits per heavy atom. The molecule has 1 saturated heterocycles. The Morgan fingerprint density at radius 3 is 2.65 bits per heavy atom. The summed E-state index contributed by atoms with van der Waals surface area (Å²) in [6.07, 6.45) is 2.78. The Morgan fingerprint density at radius 1 is 1.26 bits per heavy atom. The predicted octanol–water partition coefficient (Wildman–Crippen LogP) is 2.87. The molecule has 31 heavy (non-hydrogen) atoms. The molecule has 7 nitrogen and oxygen atoms in total. The molecule has 4 rings (SSSR count). The molecule has 9 heteroatoms. The molecule has 0 atom stereocenters. The molecule has 0 bridgehead atoms. The fraction of sp³-hybridized carbons (Fsp3) is 0.364. The van der Waals surface area contributed by atoms with Crippen molar-refractivity contribution < 1.29 is 13.2 Å². The van der Waals surface area contributed by atoms with Crippen molar-refractivity contribution in [1.82, 2.24) is 4.57 Å². The zero-order valence-corrected chi connectivity index (χ0v) is 19.3. The number of aromatic nitrogens is 1. The number of nitrogens with zero attached hydrogens (tertiary/aromatic N) is 2. The topological polar surface area (TPSA) is 104 Å². The van der Waals surface area contributed by atoms with Crippen LogP contribution >= 0.6 is 11.3 Å². The summed E-state index contributed by atoms with van der Waals surface area (Å²) in [5, 5.41) is 0.587. The first-order valence-corrected chi connectivity index (χ1v) is 12.6. The number of benzene rings is 1. The Kier molecular flexibility index (Phi) is 5.65. The number of pyridine rings is 1. The molecular formula is C22H25N3O4S2. The van der Waals surface area contributed by atoms with Gasteiger partial charge in [-0.2, -0.15) is 0 Å². The molecule has 3 heterocycles. The van der Waals surface area contributed by atoms with Crippen molar-refractivity contribution >= 4 is 37.1 Å². The van der Waals surface area contributed by atoms with E-state index in [1.54, 1.807) is 24.8 Å². The first-order chi connectivity index (χ1) is 14.7. The van der Waals surface area contributed by atoms with Gasteiger partial charge in [0.25, 0.3) is 5.56 Å². The first-order valence-electron chi connectivity index (χ1n) is 10.0. The maximum absolute atomic E-state index is 12.8. The van der Waals surface area contributed by atoms with Crippen molar-refractivity contribution in [2.45, 2.75) is 25.8 Å². The molecule has 1 fully saturated rings. The lowest BCUT2D eigenvalue weighted by atomic mass is 10.0. The van der Waals surface area contributed by atoms with Crippen molar-refractivity contribution in [3.05, 3.63) is 51.3 Å². The highest BCUT2D eigenvalue weighted by Crippen LogP contribution is 2.35. The Bertz CT molecular complexity index is 1340. The molecule has 3 aromatic rings. The number of ether oxygens (including phenoxy) is 1.